The zero-order valence-corrected chi connectivity index (χ0v) is 11.7. The first kappa shape index (κ1) is 13.9. The highest BCUT2D eigenvalue weighted by Crippen LogP contribution is 2.30. The lowest BCUT2D eigenvalue weighted by Crippen LogP contribution is -2.09. The van der Waals surface area contributed by atoms with Crippen LogP contribution in [0, 0.1) is 31.3 Å². The average Bonchev–Trinajstić information content (AvgIpc) is 2.69. The van der Waals surface area contributed by atoms with E-state index in [0.717, 1.165) is 21.4 Å². The number of hydrogen-bond acceptors (Lipinski definition) is 2. The van der Waals surface area contributed by atoms with Gasteiger partial charge in [0.15, 0.2) is 17.5 Å². The number of hydrogen-bond donors (Lipinski definition) is 1. The summed E-state index contributed by atoms with van der Waals surface area (Å²) >= 11 is 1.65. The summed E-state index contributed by atoms with van der Waals surface area (Å²) < 4.78 is 39.6. The molecule has 0 amide bonds. The summed E-state index contributed by atoms with van der Waals surface area (Å²) in [5.41, 5.74) is 1.00. The first-order valence-electron chi connectivity index (χ1n) is 5.87. The molecule has 1 unspecified atom stereocenters. The molecular formula is C14H14F3NS. The number of nitrogens with one attached hydrogen (secondary N) is 1. The SMILES string of the molecule is Cc1cc(C(C)Nc2ccc(F)c(F)c2F)c(C)s1. The van der Waals surface area contributed by atoms with Gasteiger partial charge in [-0.1, -0.05) is 0 Å². The molecule has 0 fully saturated rings. The van der Waals surface area contributed by atoms with Crippen LogP contribution < -0.4 is 5.32 Å². The van der Waals surface area contributed by atoms with Crippen molar-refractivity contribution in [3.63, 3.8) is 0 Å². The van der Waals surface area contributed by atoms with Crippen LogP contribution in [0.1, 0.15) is 28.3 Å². The molecule has 0 radical (unpaired) electrons. The number of thiophene rings is 1. The van der Waals surface area contributed by atoms with Crippen molar-refractivity contribution in [1.29, 1.82) is 0 Å². The zero-order chi connectivity index (χ0) is 14.2. The fourth-order valence-electron chi connectivity index (χ4n) is 2.03. The van der Waals surface area contributed by atoms with Crippen LogP contribution in [-0.2, 0) is 0 Å². The Morgan fingerprint density at radius 3 is 2.37 bits per heavy atom. The Balaban J connectivity index is 2.27. The van der Waals surface area contributed by atoms with Crippen LogP contribution >= 0.6 is 11.3 Å². The van der Waals surface area contributed by atoms with Gasteiger partial charge in [-0.25, -0.2) is 13.2 Å². The predicted octanol–water partition coefficient (Wildman–Crippen LogP) is 4.96. The van der Waals surface area contributed by atoms with Gasteiger partial charge in [-0.05, 0) is 44.5 Å². The van der Waals surface area contributed by atoms with Crippen molar-refractivity contribution in [2.45, 2.75) is 26.8 Å². The molecule has 0 saturated heterocycles. The molecule has 0 aliphatic heterocycles. The molecule has 2 aromatic rings. The number of anilines is 1. The smallest absolute Gasteiger partial charge is 0.196 e. The maximum atomic E-state index is 13.6. The molecule has 0 aliphatic carbocycles. The number of aryl methyl sites for hydroxylation is 2. The lowest BCUT2D eigenvalue weighted by atomic mass is 10.1. The van der Waals surface area contributed by atoms with E-state index in [1.807, 2.05) is 26.8 Å². The minimum Gasteiger partial charge on any atom is -0.376 e. The maximum absolute atomic E-state index is 13.6. The third-order valence-electron chi connectivity index (χ3n) is 2.95. The third kappa shape index (κ3) is 2.76. The molecule has 1 atom stereocenters. The van der Waals surface area contributed by atoms with Crippen LogP contribution in [0.25, 0.3) is 0 Å². The molecule has 5 heteroatoms. The van der Waals surface area contributed by atoms with Gasteiger partial charge >= 0.3 is 0 Å². The minimum absolute atomic E-state index is 0.0327. The van der Waals surface area contributed by atoms with E-state index in [4.69, 9.17) is 0 Å². The summed E-state index contributed by atoms with van der Waals surface area (Å²) in [7, 11) is 0. The summed E-state index contributed by atoms with van der Waals surface area (Å²) in [6.45, 7) is 5.83. The average molecular weight is 285 g/mol. The fraction of sp³-hybridized carbons (Fsp3) is 0.286. The molecule has 1 heterocycles. The molecule has 2 rings (SSSR count). The molecule has 102 valence electrons. The second-order valence-corrected chi connectivity index (χ2v) is 5.92. The Morgan fingerprint density at radius 2 is 1.79 bits per heavy atom. The highest BCUT2D eigenvalue weighted by atomic mass is 32.1. The third-order valence-corrected chi connectivity index (χ3v) is 3.93. The van der Waals surface area contributed by atoms with E-state index in [-0.39, 0.29) is 11.7 Å². The van der Waals surface area contributed by atoms with E-state index in [1.54, 1.807) is 11.3 Å². The van der Waals surface area contributed by atoms with Gasteiger partial charge in [0.25, 0.3) is 0 Å². The van der Waals surface area contributed by atoms with Crippen LogP contribution in [0.4, 0.5) is 18.9 Å². The van der Waals surface area contributed by atoms with Crippen LogP contribution in [-0.4, -0.2) is 0 Å². The highest BCUT2D eigenvalue weighted by molar-refractivity contribution is 7.12. The maximum Gasteiger partial charge on any atom is 0.196 e. The second kappa shape index (κ2) is 5.25. The molecule has 0 bridgehead atoms. The summed E-state index contributed by atoms with van der Waals surface area (Å²) in [5.74, 6) is -3.81. The quantitative estimate of drug-likeness (QED) is 0.786. The van der Waals surface area contributed by atoms with Crippen molar-refractivity contribution < 1.29 is 13.2 Å². The Morgan fingerprint density at radius 1 is 1.11 bits per heavy atom. The topological polar surface area (TPSA) is 12.0 Å². The van der Waals surface area contributed by atoms with E-state index in [1.165, 1.54) is 6.07 Å². The molecule has 1 N–H and O–H groups in total. The first-order valence-corrected chi connectivity index (χ1v) is 6.68. The summed E-state index contributed by atoms with van der Waals surface area (Å²) in [5, 5.41) is 2.87. The largest absolute Gasteiger partial charge is 0.376 e. The zero-order valence-electron chi connectivity index (χ0n) is 10.9. The van der Waals surface area contributed by atoms with Crippen LogP contribution in [0.15, 0.2) is 18.2 Å². The van der Waals surface area contributed by atoms with E-state index < -0.39 is 17.5 Å². The van der Waals surface area contributed by atoms with Crippen molar-refractivity contribution in [3.05, 3.63) is 51.0 Å². The van der Waals surface area contributed by atoms with Gasteiger partial charge in [-0.3, -0.25) is 0 Å². The molecule has 0 spiro atoms. The molecule has 1 nitrogen and oxygen atoms in total. The Hall–Kier alpha value is -1.49. The van der Waals surface area contributed by atoms with Crippen molar-refractivity contribution in [3.8, 4) is 0 Å². The van der Waals surface area contributed by atoms with E-state index in [9.17, 15) is 13.2 Å². The van der Waals surface area contributed by atoms with Crippen LogP contribution in [0.5, 0.6) is 0 Å². The Kier molecular flexibility index (Phi) is 3.85. The van der Waals surface area contributed by atoms with Gasteiger partial charge in [-0.15, -0.1) is 11.3 Å². The fourth-order valence-corrected chi connectivity index (χ4v) is 3.05. The normalized spacial score (nSPS) is 12.5. The second-order valence-electron chi connectivity index (χ2n) is 4.46. The predicted molar refractivity (Wildman–Crippen MR) is 72.1 cm³/mol. The van der Waals surface area contributed by atoms with Crippen LogP contribution in [0.2, 0.25) is 0 Å². The Labute approximate surface area is 114 Å². The summed E-state index contributed by atoms with van der Waals surface area (Å²) in [4.78, 5) is 2.28. The molecule has 0 saturated carbocycles. The van der Waals surface area contributed by atoms with Gasteiger partial charge in [-0.2, -0.15) is 0 Å². The lowest BCUT2D eigenvalue weighted by molar-refractivity contribution is 0.448. The van der Waals surface area contributed by atoms with Gasteiger partial charge < -0.3 is 5.32 Å². The number of benzene rings is 1. The van der Waals surface area contributed by atoms with Gasteiger partial charge in [0.05, 0.1) is 5.69 Å². The number of rotatable bonds is 3. The van der Waals surface area contributed by atoms with E-state index >= 15 is 0 Å². The summed E-state index contributed by atoms with van der Waals surface area (Å²) in [6.07, 6.45) is 0. The lowest BCUT2D eigenvalue weighted by Gasteiger charge is -2.16. The monoisotopic (exact) mass is 285 g/mol. The molecule has 1 aromatic heterocycles. The van der Waals surface area contributed by atoms with Gasteiger partial charge in [0.2, 0.25) is 0 Å². The van der Waals surface area contributed by atoms with E-state index in [0.29, 0.717) is 0 Å². The molecule has 19 heavy (non-hydrogen) atoms. The van der Waals surface area contributed by atoms with Crippen molar-refractivity contribution in [2.24, 2.45) is 0 Å². The first-order chi connectivity index (χ1) is 8.90. The molecular weight excluding hydrogens is 271 g/mol. The van der Waals surface area contributed by atoms with Gasteiger partial charge in [0.1, 0.15) is 0 Å². The Bertz CT molecular complexity index is 607. The van der Waals surface area contributed by atoms with E-state index in [2.05, 4.69) is 5.32 Å². The number of halogens is 3. The highest BCUT2D eigenvalue weighted by Gasteiger charge is 2.17. The standard InChI is InChI=1S/C14H14F3NS/c1-7-6-10(9(3)19-7)8(2)18-12-5-4-11(15)13(16)14(12)17/h4-6,8,18H,1-3H3. The summed E-state index contributed by atoms with van der Waals surface area (Å²) in [6, 6.07) is 3.96. The van der Waals surface area contributed by atoms with Gasteiger partial charge in [0, 0.05) is 15.8 Å². The molecule has 0 aliphatic rings. The van der Waals surface area contributed by atoms with Crippen molar-refractivity contribution in [1.82, 2.24) is 0 Å². The van der Waals surface area contributed by atoms with Crippen molar-refractivity contribution >= 4 is 17.0 Å². The van der Waals surface area contributed by atoms with Crippen molar-refractivity contribution in [2.75, 3.05) is 5.32 Å². The van der Waals surface area contributed by atoms with Crippen LogP contribution in [0.3, 0.4) is 0 Å². The minimum atomic E-state index is -1.45. The molecule has 1 aromatic carbocycles.